The van der Waals surface area contributed by atoms with Gasteiger partial charge < -0.3 is 14.9 Å². The molecule has 0 aliphatic carbocycles. The summed E-state index contributed by atoms with van der Waals surface area (Å²) in [6.07, 6.45) is 0. The van der Waals surface area contributed by atoms with Gasteiger partial charge in [0.15, 0.2) is 5.75 Å². The Morgan fingerprint density at radius 3 is 2.71 bits per heavy atom. The maximum Gasteiger partial charge on any atom is 0.344 e. The van der Waals surface area contributed by atoms with Gasteiger partial charge in [-0.3, -0.25) is 10.1 Å². The summed E-state index contributed by atoms with van der Waals surface area (Å²) in [5, 5.41) is 21.4. The molecule has 2 N–H and O–H groups in total. The summed E-state index contributed by atoms with van der Waals surface area (Å²) in [6.45, 7) is 0. The molecule has 0 spiro atoms. The first-order chi connectivity index (χ1) is 13.4. The minimum Gasteiger partial charge on any atom is -0.439 e. The molecule has 0 saturated carbocycles. The summed E-state index contributed by atoms with van der Waals surface area (Å²) in [5.74, 6) is -1.14. The van der Waals surface area contributed by atoms with Crippen LogP contribution in [0.2, 0.25) is 5.02 Å². The quantitative estimate of drug-likeness (QED) is 0.398. The minimum absolute atomic E-state index is 0.00634. The Morgan fingerprint density at radius 1 is 1.25 bits per heavy atom. The summed E-state index contributed by atoms with van der Waals surface area (Å²) >= 11 is 6.27. The molecule has 28 heavy (non-hydrogen) atoms. The van der Waals surface area contributed by atoms with E-state index in [0.717, 1.165) is 0 Å². The first-order valence-electron chi connectivity index (χ1n) is 7.99. The molecule has 138 valence electrons. The summed E-state index contributed by atoms with van der Waals surface area (Å²) in [5.41, 5.74) is 5.34. The minimum atomic E-state index is -1.07. The highest BCUT2D eigenvalue weighted by Crippen LogP contribution is 2.45. The fourth-order valence-corrected chi connectivity index (χ4v) is 3.47. The molecule has 1 aliphatic heterocycles. The van der Waals surface area contributed by atoms with Crippen LogP contribution in [0.15, 0.2) is 63.1 Å². The Bertz CT molecular complexity index is 1290. The van der Waals surface area contributed by atoms with Gasteiger partial charge in [0.25, 0.3) is 5.69 Å². The number of nitrogens with zero attached hydrogens (tertiary/aromatic N) is 2. The lowest BCUT2D eigenvalue weighted by atomic mass is 9.83. The topological polar surface area (TPSA) is 132 Å². The van der Waals surface area contributed by atoms with Gasteiger partial charge in [0, 0.05) is 17.2 Å². The number of hydrogen-bond acceptors (Lipinski definition) is 7. The molecule has 4 rings (SSSR count). The van der Waals surface area contributed by atoms with Crippen molar-refractivity contribution < 1.29 is 14.1 Å². The van der Waals surface area contributed by atoms with Crippen LogP contribution in [0.3, 0.4) is 0 Å². The number of non-ortho nitro benzene ring substituents is 1. The van der Waals surface area contributed by atoms with E-state index in [9.17, 15) is 20.2 Å². The van der Waals surface area contributed by atoms with Crippen molar-refractivity contribution in [2.45, 2.75) is 5.92 Å². The molecular formula is C19H10ClN3O5. The van der Waals surface area contributed by atoms with E-state index in [1.807, 2.05) is 6.07 Å². The molecule has 8 nitrogen and oxygen atoms in total. The Morgan fingerprint density at radius 2 is 2.00 bits per heavy atom. The predicted octanol–water partition coefficient (Wildman–Crippen LogP) is 3.57. The third-order valence-corrected chi connectivity index (χ3v) is 4.82. The molecule has 0 amide bonds. The Labute approximate surface area is 162 Å². The van der Waals surface area contributed by atoms with Gasteiger partial charge >= 0.3 is 5.63 Å². The number of ether oxygens (including phenoxy) is 1. The maximum atomic E-state index is 12.8. The van der Waals surface area contributed by atoms with Crippen molar-refractivity contribution in [1.29, 1.82) is 5.26 Å². The number of fused-ring (bicyclic) bond motifs is 3. The van der Waals surface area contributed by atoms with Gasteiger partial charge in [0.2, 0.25) is 5.88 Å². The smallest absolute Gasteiger partial charge is 0.344 e. The Hall–Kier alpha value is -3.83. The molecule has 9 heteroatoms. The van der Waals surface area contributed by atoms with E-state index in [4.69, 9.17) is 26.5 Å². The largest absolute Gasteiger partial charge is 0.439 e. The summed E-state index contributed by atoms with van der Waals surface area (Å²) in [7, 11) is 0. The van der Waals surface area contributed by atoms with Gasteiger partial charge in [-0.15, -0.1) is 0 Å². The van der Waals surface area contributed by atoms with Gasteiger partial charge in [0.1, 0.15) is 17.2 Å². The predicted molar refractivity (Wildman–Crippen MR) is 99.9 cm³/mol. The van der Waals surface area contributed by atoms with E-state index >= 15 is 0 Å². The molecule has 0 unspecified atom stereocenters. The number of nitro benzene ring substituents is 1. The molecule has 0 saturated heterocycles. The number of halogens is 1. The molecule has 1 atom stereocenters. The average molecular weight is 396 g/mol. The molecule has 0 fully saturated rings. The van der Waals surface area contributed by atoms with Crippen molar-refractivity contribution in [3.8, 4) is 11.8 Å². The van der Waals surface area contributed by atoms with Crippen LogP contribution in [0.1, 0.15) is 17.0 Å². The van der Waals surface area contributed by atoms with E-state index < -0.39 is 16.5 Å². The van der Waals surface area contributed by atoms with Crippen molar-refractivity contribution >= 4 is 28.3 Å². The van der Waals surface area contributed by atoms with E-state index in [-0.39, 0.29) is 44.6 Å². The standard InChI is InChI=1S/C19H10ClN3O5/c20-13-6-5-9(23(25)26)7-11(13)15-12(8-21)18(22)28-17-10-3-1-2-4-14(10)27-19(24)16(15)17/h1-7,15H,22H2/t15-/m1/s1. The number of hydrogen-bond donors (Lipinski definition) is 1. The molecule has 2 heterocycles. The molecular weight excluding hydrogens is 386 g/mol. The molecule has 3 aromatic rings. The first-order valence-corrected chi connectivity index (χ1v) is 8.37. The maximum absolute atomic E-state index is 12.8. The Kier molecular flexibility index (Phi) is 4.02. The van der Waals surface area contributed by atoms with Gasteiger partial charge in [-0.2, -0.15) is 5.26 Å². The Balaban J connectivity index is 2.10. The van der Waals surface area contributed by atoms with Crippen LogP contribution in [0.5, 0.6) is 5.75 Å². The van der Waals surface area contributed by atoms with Crippen LogP contribution in [-0.4, -0.2) is 4.92 Å². The fraction of sp³-hybridized carbons (Fsp3) is 0.0526. The van der Waals surface area contributed by atoms with Gasteiger partial charge in [-0.1, -0.05) is 23.7 Å². The lowest BCUT2D eigenvalue weighted by Crippen LogP contribution is -2.26. The van der Waals surface area contributed by atoms with Crippen molar-refractivity contribution in [1.82, 2.24) is 0 Å². The van der Waals surface area contributed by atoms with Gasteiger partial charge in [-0.25, -0.2) is 4.79 Å². The highest BCUT2D eigenvalue weighted by Gasteiger charge is 2.37. The van der Waals surface area contributed by atoms with Gasteiger partial charge in [-0.05, 0) is 23.8 Å². The zero-order valence-electron chi connectivity index (χ0n) is 14.0. The second-order valence-electron chi connectivity index (χ2n) is 6.02. The van der Waals surface area contributed by atoms with Crippen LogP contribution in [0, 0.1) is 21.4 Å². The van der Waals surface area contributed by atoms with Crippen molar-refractivity contribution in [3.05, 3.63) is 90.6 Å². The van der Waals surface area contributed by atoms with Crippen LogP contribution < -0.4 is 16.1 Å². The zero-order valence-corrected chi connectivity index (χ0v) is 14.8. The van der Waals surface area contributed by atoms with Crippen LogP contribution >= 0.6 is 11.6 Å². The van der Waals surface area contributed by atoms with Crippen molar-refractivity contribution in [2.75, 3.05) is 0 Å². The average Bonchev–Trinajstić information content (AvgIpc) is 2.67. The lowest BCUT2D eigenvalue weighted by Gasteiger charge is -2.26. The van der Waals surface area contributed by atoms with E-state index in [1.165, 1.54) is 18.2 Å². The first kappa shape index (κ1) is 17.6. The second-order valence-corrected chi connectivity index (χ2v) is 6.42. The van der Waals surface area contributed by atoms with Crippen LogP contribution in [0.25, 0.3) is 11.0 Å². The third-order valence-electron chi connectivity index (χ3n) is 4.48. The van der Waals surface area contributed by atoms with E-state index in [1.54, 1.807) is 24.3 Å². The van der Waals surface area contributed by atoms with Crippen LogP contribution in [0.4, 0.5) is 5.69 Å². The zero-order chi connectivity index (χ0) is 20.0. The number of nitro groups is 1. The molecule has 1 aliphatic rings. The summed E-state index contributed by atoms with van der Waals surface area (Å²) in [6, 6.07) is 12.4. The molecule has 0 radical (unpaired) electrons. The highest BCUT2D eigenvalue weighted by atomic mass is 35.5. The third kappa shape index (κ3) is 2.57. The number of nitriles is 1. The number of rotatable bonds is 2. The SMILES string of the molecule is N#CC1=C(N)Oc2c(c(=O)oc3ccccc23)[C@@H]1c1cc([N+](=O)[O-])ccc1Cl. The van der Waals surface area contributed by atoms with Crippen LogP contribution in [-0.2, 0) is 0 Å². The number of nitrogens with two attached hydrogens (primary N) is 1. The van der Waals surface area contributed by atoms with Crippen molar-refractivity contribution in [2.24, 2.45) is 5.73 Å². The summed E-state index contributed by atoms with van der Waals surface area (Å²) < 4.78 is 11.0. The highest BCUT2D eigenvalue weighted by molar-refractivity contribution is 6.31. The van der Waals surface area contributed by atoms with Gasteiger partial charge in [0.05, 0.1) is 21.8 Å². The van der Waals surface area contributed by atoms with E-state index in [2.05, 4.69) is 0 Å². The number of allylic oxidation sites excluding steroid dienone is 1. The lowest BCUT2D eigenvalue weighted by molar-refractivity contribution is -0.384. The fourth-order valence-electron chi connectivity index (χ4n) is 3.24. The molecule has 2 aromatic carbocycles. The summed E-state index contributed by atoms with van der Waals surface area (Å²) in [4.78, 5) is 23.4. The second kappa shape index (κ2) is 6.40. The number of para-hydroxylation sites is 1. The van der Waals surface area contributed by atoms with E-state index in [0.29, 0.717) is 5.39 Å². The molecule has 1 aromatic heterocycles. The normalized spacial score (nSPS) is 15.6. The van der Waals surface area contributed by atoms with Crippen molar-refractivity contribution in [3.63, 3.8) is 0 Å². The number of benzene rings is 2. The molecule has 0 bridgehead atoms. The monoisotopic (exact) mass is 395 g/mol.